The molecule has 1 atom stereocenters. The van der Waals surface area contributed by atoms with Crippen molar-refractivity contribution < 1.29 is 9.53 Å². The Morgan fingerprint density at radius 1 is 1.42 bits per heavy atom. The molecule has 1 rings (SSSR count). The first-order valence-electron chi connectivity index (χ1n) is 6.89. The molecule has 0 spiro atoms. The van der Waals surface area contributed by atoms with Gasteiger partial charge in [-0.05, 0) is 33.2 Å². The van der Waals surface area contributed by atoms with Gasteiger partial charge in [0.25, 0.3) is 0 Å². The Morgan fingerprint density at radius 3 is 2.63 bits per heavy atom. The number of carbonyl (C=O) groups is 1. The molecule has 19 heavy (non-hydrogen) atoms. The average Bonchev–Trinajstić information content (AvgIpc) is 2.78. The molecule has 108 valence electrons. The Kier molecular flexibility index (Phi) is 6.02. The zero-order chi connectivity index (χ0) is 14.4. The zero-order valence-corrected chi connectivity index (χ0v) is 12.5. The van der Waals surface area contributed by atoms with Crippen LogP contribution in [0, 0.1) is 5.92 Å². The maximum absolute atomic E-state index is 12.1. The highest BCUT2D eigenvalue weighted by atomic mass is 16.5. The van der Waals surface area contributed by atoms with E-state index in [4.69, 9.17) is 4.74 Å². The molecule has 0 saturated carbocycles. The van der Waals surface area contributed by atoms with E-state index in [9.17, 15) is 4.79 Å². The summed E-state index contributed by atoms with van der Waals surface area (Å²) in [5, 5.41) is 3.27. The Balaban J connectivity index is 2.94. The zero-order valence-electron chi connectivity index (χ0n) is 12.5. The molecule has 0 amide bonds. The van der Waals surface area contributed by atoms with E-state index in [0.29, 0.717) is 12.5 Å². The van der Waals surface area contributed by atoms with Crippen molar-refractivity contribution in [1.29, 1.82) is 0 Å². The van der Waals surface area contributed by atoms with Crippen LogP contribution in [0.3, 0.4) is 0 Å². The maximum Gasteiger partial charge on any atom is 0.329 e. The van der Waals surface area contributed by atoms with Gasteiger partial charge in [-0.1, -0.05) is 13.8 Å². The Hall–Kier alpha value is -1.36. The van der Waals surface area contributed by atoms with Crippen LogP contribution in [0.5, 0.6) is 0 Å². The topological polar surface area (TPSA) is 56.1 Å². The summed E-state index contributed by atoms with van der Waals surface area (Å²) >= 11 is 0. The van der Waals surface area contributed by atoms with E-state index in [0.717, 1.165) is 12.2 Å². The molecule has 0 aliphatic rings. The predicted molar refractivity (Wildman–Crippen MR) is 74.8 cm³/mol. The first-order chi connectivity index (χ1) is 8.97. The van der Waals surface area contributed by atoms with Crippen molar-refractivity contribution in [2.75, 3.05) is 13.2 Å². The number of nitrogens with one attached hydrogen (secondary N) is 1. The average molecular weight is 267 g/mol. The summed E-state index contributed by atoms with van der Waals surface area (Å²) in [6.45, 7) is 11.3. The van der Waals surface area contributed by atoms with E-state index in [1.807, 2.05) is 11.5 Å². The summed E-state index contributed by atoms with van der Waals surface area (Å²) < 4.78 is 7.15. The normalized spacial score (nSPS) is 13.0. The van der Waals surface area contributed by atoms with Crippen molar-refractivity contribution in [3.63, 3.8) is 0 Å². The molecule has 5 nitrogen and oxygen atoms in total. The number of hydrogen-bond donors (Lipinski definition) is 1. The molecule has 0 aliphatic heterocycles. The van der Waals surface area contributed by atoms with E-state index in [-0.39, 0.29) is 12.0 Å². The van der Waals surface area contributed by atoms with Gasteiger partial charge in [-0.2, -0.15) is 0 Å². The maximum atomic E-state index is 12.1. The van der Waals surface area contributed by atoms with Crippen LogP contribution in [0.2, 0.25) is 0 Å². The van der Waals surface area contributed by atoms with E-state index in [1.165, 1.54) is 0 Å². The van der Waals surface area contributed by atoms with Gasteiger partial charge in [0, 0.05) is 6.04 Å². The lowest BCUT2D eigenvalue weighted by atomic mass is 10.1. The minimum absolute atomic E-state index is 0.245. The lowest BCUT2D eigenvalue weighted by Gasteiger charge is -2.21. The van der Waals surface area contributed by atoms with E-state index in [2.05, 4.69) is 38.0 Å². The van der Waals surface area contributed by atoms with Gasteiger partial charge < -0.3 is 9.30 Å². The lowest BCUT2D eigenvalue weighted by molar-refractivity contribution is -0.146. The number of aromatic nitrogens is 2. The van der Waals surface area contributed by atoms with Crippen molar-refractivity contribution in [1.82, 2.24) is 14.9 Å². The number of carbonyl (C=O) groups excluding carboxylic acids is 1. The Morgan fingerprint density at radius 2 is 2.11 bits per heavy atom. The van der Waals surface area contributed by atoms with Crippen molar-refractivity contribution in [2.24, 2.45) is 5.92 Å². The number of ether oxygens (including phenoxy) is 1. The lowest BCUT2D eigenvalue weighted by Crippen LogP contribution is -2.34. The SMILES string of the molecule is CCOC(=O)C(NCC(C)C)c1cncn1C(C)C. The van der Waals surface area contributed by atoms with Crippen LogP contribution in [0.4, 0.5) is 0 Å². The number of esters is 1. The van der Waals surface area contributed by atoms with Gasteiger partial charge in [0.05, 0.1) is 24.8 Å². The second-order valence-electron chi connectivity index (χ2n) is 5.31. The molecule has 1 heterocycles. The highest BCUT2D eigenvalue weighted by molar-refractivity contribution is 5.77. The van der Waals surface area contributed by atoms with Gasteiger partial charge in [0.1, 0.15) is 6.04 Å². The van der Waals surface area contributed by atoms with Crippen molar-refractivity contribution in [3.8, 4) is 0 Å². The fourth-order valence-electron chi connectivity index (χ4n) is 1.86. The molecule has 0 radical (unpaired) electrons. The van der Waals surface area contributed by atoms with Crippen molar-refractivity contribution in [3.05, 3.63) is 18.2 Å². The minimum atomic E-state index is -0.452. The second kappa shape index (κ2) is 7.28. The molecule has 0 bridgehead atoms. The highest BCUT2D eigenvalue weighted by Gasteiger charge is 2.25. The summed E-state index contributed by atoms with van der Waals surface area (Å²) in [6, 6.07) is -0.192. The Bertz CT molecular complexity index is 399. The fraction of sp³-hybridized carbons (Fsp3) is 0.714. The second-order valence-corrected chi connectivity index (χ2v) is 5.31. The van der Waals surface area contributed by atoms with E-state index >= 15 is 0 Å². The number of imidazole rings is 1. The first-order valence-corrected chi connectivity index (χ1v) is 6.89. The number of hydrogen-bond acceptors (Lipinski definition) is 4. The molecule has 1 unspecified atom stereocenters. The Labute approximate surface area is 115 Å². The van der Waals surface area contributed by atoms with Gasteiger partial charge in [-0.25, -0.2) is 9.78 Å². The first kappa shape index (κ1) is 15.7. The van der Waals surface area contributed by atoms with Gasteiger partial charge >= 0.3 is 5.97 Å². The van der Waals surface area contributed by atoms with Gasteiger partial charge in [-0.15, -0.1) is 0 Å². The predicted octanol–water partition coefficient (Wildman–Crippen LogP) is 2.31. The summed E-state index contributed by atoms with van der Waals surface area (Å²) in [5.41, 5.74) is 0.856. The molecule has 1 N–H and O–H groups in total. The monoisotopic (exact) mass is 267 g/mol. The van der Waals surface area contributed by atoms with E-state index in [1.54, 1.807) is 12.5 Å². The molecule has 0 aliphatic carbocycles. The van der Waals surface area contributed by atoms with Gasteiger partial charge in [0.2, 0.25) is 0 Å². The van der Waals surface area contributed by atoms with Crippen LogP contribution in [0.15, 0.2) is 12.5 Å². The molecule has 5 heteroatoms. The van der Waals surface area contributed by atoms with Gasteiger partial charge in [-0.3, -0.25) is 5.32 Å². The molecule has 1 aromatic heterocycles. The number of rotatable bonds is 7. The van der Waals surface area contributed by atoms with Crippen LogP contribution >= 0.6 is 0 Å². The molecule has 0 fully saturated rings. The smallest absolute Gasteiger partial charge is 0.329 e. The highest BCUT2D eigenvalue weighted by Crippen LogP contribution is 2.19. The summed E-state index contributed by atoms with van der Waals surface area (Å²) in [5.74, 6) is 0.220. The van der Waals surface area contributed by atoms with E-state index < -0.39 is 6.04 Å². The third kappa shape index (κ3) is 4.35. The van der Waals surface area contributed by atoms with Crippen molar-refractivity contribution in [2.45, 2.75) is 46.7 Å². The van der Waals surface area contributed by atoms with Gasteiger partial charge in [0.15, 0.2) is 0 Å². The van der Waals surface area contributed by atoms with Crippen molar-refractivity contribution >= 4 is 5.97 Å². The minimum Gasteiger partial charge on any atom is -0.465 e. The fourth-order valence-corrected chi connectivity index (χ4v) is 1.86. The quantitative estimate of drug-likeness (QED) is 0.770. The summed E-state index contributed by atoms with van der Waals surface area (Å²) in [7, 11) is 0. The molecular formula is C14H25N3O2. The molecule has 0 saturated heterocycles. The van der Waals surface area contributed by atoms with Crippen LogP contribution in [0.25, 0.3) is 0 Å². The summed E-state index contributed by atoms with van der Waals surface area (Å²) in [4.78, 5) is 16.3. The van der Waals surface area contributed by atoms with Crippen LogP contribution in [-0.4, -0.2) is 28.7 Å². The molecular weight excluding hydrogens is 242 g/mol. The van der Waals surface area contributed by atoms with Crippen LogP contribution in [-0.2, 0) is 9.53 Å². The van der Waals surface area contributed by atoms with Crippen LogP contribution < -0.4 is 5.32 Å². The van der Waals surface area contributed by atoms with Crippen LogP contribution in [0.1, 0.15) is 52.4 Å². The standard InChI is InChI=1S/C14H25N3O2/c1-6-19-14(18)13(16-7-10(2)3)12-8-15-9-17(12)11(4)5/h8-11,13,16H,6-7H2,1-5H3. The molecule has 1 aromatic rings. The number of nitrogens with zero attached hydrogens (tertiary/aromatic N) is 2. The third-order valence-corrected chi connectivity index (χ3v) is 2.80. The largest absolute Gasteiger partial charge is 0.465 e. The molecule has 0 aromatic carbocycles. The summed E-state index contributed by atoms with van der Waals surface area (Å²) in [6.07, 6.45) is 3.48. The third-order valence-electron chi connectivity index (χ3n) is 2.80.